The highest BCUT2D eigenvalue weighted by Gasteiger charge is 2.23. The van der Waals surface area contributed by atoms with Crippen molar-refractivity contribution in [2.24, 2.45) is 11.7 Å². The average molecular weight is 265 g/mol. The molecule has 106 valence electrons. The van der Waals surface area contributed by atoms with Gasteiger partial charge in [0.2, 0.25) is 0 Å². The lowest BCUT2D eigenvalue weighted by Crippen LogP contribution is -2.29. The molecule has 1 fully saturated rings. The Kier molecular flexibility index (Phi) is 4.42. The van der Waals surface area contributed by atoms with Crippen molar-refractivity contribution in [3.05, 3.63) is 29.6 Å². The minimum atomic E-state index is -0.177. The topological polar surface area (TPSA) is 32.5 Å². The predicted molar refractivity (Wildman–Crippen MR) is 77.9 cm³/mol. The van der Waals surface area contributed by atoms with Crippen LogP contribution in [0.2, 0.25) is 0 Å². The van der Waals surface area contributed by atoms with Crippen molar-refractivity contribution >= 4 is 5.69 Å². The minimum Gasteiger partial charge on any atom is -0.372 e. The summed E-state index contributed by atoms with van der Waals surface area (Å²) in [5, 5.41) is 0. The molecule has 0 aliphatic carbocycles. The highest BCUT2D eigenvalue weighted by Crippen LogP contribution is 2.29. The number of rotatable bonds is 4. The summed E-state index contributed by atoms with van der Waals surface area (Å²) in [7, 11) is 4.10. The highest BCUT2D eigenvalue weighted by atomic mass is 19.1. The van der Waals surface area contributed by atoms with E-state index in [1.165, 1.54) is 12.5 Å². The molecule has 0 amide bonds. The molecular formula is C15H24FN3. The van der Waals surface area contributed by atoms with E-state index in [2.05, 4.69) is 11.9 Å². The SMILES string of the molecule is C[C@H](N)c1cccc(F)c1N(C)CC1CCN(C)C1. The maximum atomic E-state index is 14.1. The number of halogens is 1. The van der Waals surface area contributed by atoms with Gasteiger partial charge < -0.3 is 15.5 Å². The van der Waals surface area contributed by atoms with E-state index in [0.717, 1.165) is 25.2 Å². The second-order valence-corrected chi connectivity index (χ2v) is 5.76. The quantitative estimate of drug-likeness (QED) is 0.906. The summed E-state index contributed by atoms with van der Waals surface area (Å²) in [6.45, 7) is 5.00. The van der Waals surface area contributed by atoms with E-state index >= 15 is 0 Å². The molecule has 4 heteroatoms. The van der Waals surface area contributed by atoms with Gasteiger partial charge in [0.25, 0.3) is 0 Å². The van der Waals surface area contributed by atoms with E-state index in [9.17, 15) is 4.39 Å². The number of para-hydroxylation sites is 1. The van der Waals surface area contributed by atoms with Crippen molar-refractivity contribution in [3.63, 3.8) is 0 Å². The van der Waals surface area contributed by atoms with Crippen LogP contribution in [0.5, 0.6) is 0 Å². The van der Waals surface area contributed by atoms with Crippen LogP contribution in [0.15, 0.2) is 18.2 Å². The number of benzene rings is 1. The van der Waals surface area contributed by atoms with Gasteiger partial charge in [0.1, 0.15) is 5.82 Å². The lowest BCUT2D eigenvalue weighted by molar-refractivity contribution is 0.395. The van der Waals surface area contributed by atoms with Crippen molar-refractivity contribution in [1.82, 2.24) is 4.90 Å². The van der Waals surface area contributed by atoms with Crippen LogP contribution in [0.4, 0.5) is 10.1 Å². The third-order valence-corrected chi connectivity index (χ3v) is 3.91. The zero-order chi connectivity index (χ0) is 14.0. The smallest absolute Gasteiger partial charge is 0.146 e. The minimum absolute atomic E-state index is 0.153. The van der Waals surface area contributed by atoms with Crippen LogP contribution in [-0.4, -0.2) is 38.6 Å². The Morgan fingerprint density at radius 3 is 2.84 bits per heavy atom. The third-order valence-electron chi connectivity index (χ3n) is 3.91. The van der Waals surface area contributed by atoms with Crippen molar-refractivity contribution in [3.8, 4) is 0 Å². The molecule has 1 unspecified atom stereocenters. The van der Waals surface area contributed by atoms with Gasteiger partial charge in [-0.3, -0.25) is 0 Å². The molecule has 1 aliphatic rings. The molecule has 1 aromatic rings. The maximum absolute atomic E-state index is 14.1. The Morgan fingerprint density at radius 2 is 2.26 bits per heavy atom. The molecule has 19 heavy (non-hydrogen) atoms. The molecule has 0 radical (unpaired) electrons. The molecule has 2 rings (SSSR count). The highest BCUT2D eigenvalue weighted by molar-refractivity contribution is 5.55. The number of likely N-dealkylation sites (tertiary alicyclic amines) is 1. The number of nitrogens with two attached hydrogens (primary N) is 1. The van der Waals surface area contributed by atoms with Gasteiger partial charge in [0, 0.05) is 26.2 Å². The van der Waals surface area contributed by atoms with Gasteiger partial charge in [-0.15, -0.1) is 0 Å². The second-order valence-electron chi connectivity index (χ2n) is 5.76. The van der Waals surface area contributed by atoms with Crippen molar-refractivity contribution < 1.29 is 4.39 Å². The summed E-state index contributed by atoms with van der Waals surface area (Å²) in [5.74, 6) is 0.430. The van der Waals surface area contributed by atoms with Gasteiger partial charge >= 0.3 is 0 Å². The number of hydrogen-bond acceptors (Lipinski definition) is 3. The van der Waals surface area contributed by atoms with Crippen LogP contribution in [0, 0.1) is 11.7 Å². The van der Waals surface area contributed by atoms with Gasteiger partial charge in [-0.25, -0.2) is 4.39 Å². The Morgan fingerprint density at radius 1 is 1.53 bits per heavy atom. The lowest BCUT2D eigenvalue weighted by Gasteiger charge is -2.27. The zero-order valence-electron chi connectivity index (χ0n) is 12.1. The summed E-state index contributed by atoms with van der Waals surface area (Å²) >= 11 is 0. The third kappa shape index (κ3) is 3.25. The molecule has 0 bridgehead atoms. The average Bonchev–Trinajstić information content (AvgIpc) is 2.74. The van der Waals surface area contributed by atoms with Crippen molar-refractivity contribution in [2.75, 3.05) is 38.6 Å². The summed E-state index contributed by atoms with van der Waals surface area (Å²) in [4.78, 5) is 4.35. The fourth-order valence-corrected chi connectivity index (χ4v) is 2.96. The molecule has 0 spiro atoms. The standard InChI is InChI=1S/C15H24FN3/c1-11(17)13-5-4-6-14(16)15(13)19(3)10-12-7-8-18(2)9-12/h4-6,11-12H,7-10,17H2,1-3H3/t11-,12?/m0/s1. The molecule has 3 nitrogen and oxygen atoms in total. The lowest BCUT2D eigenvalue weighted by atomic mass is 10.0. The van der Waals surface area contributed by atoms with Gasteiger partial charge in [0.15, 0.2) is 0 Å². The van der Waals surface area contributed by atoms with Crippen LogP contribution < -0.4 is 10.6 Å². The fraction of sp³-hybridized carbons (Fsp3) is 0.600. The number of nitrogens with zero attached hydrogens (tertiary/aromatic N) is 2. The van der Waals surface area contributed by atoms with E-state index in [0.29, 0.717) is 11.6 Å². The number of hydrogen-bond donors (Lipinski definition) is 1. The van der Waals surface area contributed by atoms with Crippen molar-refractivity contribution in [2.45, 2.75) is 19.4 Å². The normalized spacial score (nSPS) is 21.6. The Labute approximate surface area is 115 Å². The molecule has 1 heterocycles. The summed E-state index contributed by atoms with van der Waals surface area (Å²) in [6.07, 6.45) is 1.18. The van der Waals surface area contributed by atoms with E-state index in [-0.39, 0.29) is 11.9 Å². The monoisotopic (exact) mass is 265 g/mol. The van der Waals surface area contributed by atoms with Crippen LogP contribution >= 0.6 is 0 Å². The predicted octanol–water partition coefficient (Wildman–Crippen LogP) is 2.23. The molecular weight excluding hydrogens is 241 g/mol. The Balaban J connectivity index is 2.16. The van der Waals surface area contributed by atoms with Crippen LogP contribution in [-0.2, 0) is 0 Å². The molecule has 0 aromatic heterocycles. The van der Waals surface area contributed by atoms with Crippen molar-refractivity contribution in [1.29, 1.82) is 0 Å². The largest absolute Gasteiger partial charge is 0.372 e. The Bertz CT molecular complexity index is 433. The molecule has 2 atom stereocenters. The first-order valence-corrected chi connectivity index (χ1v) is 6.92. The summed E-state index contributed by atoms with van der Waals surface area (Å²) in [6, 6.07) is 5.01. The van der Waals surface area contributed by atoms with E-state index in [1.807, 2.05) is 24.9 Å². The van der Waals surface area contributed by atoms with E-state index < -0.39 is 0 Å². The summed E-state index contributed by atoms with van der Waals surface area (Å²) < 4.78 is 14.1. The first kappa shape index (κ1) is 14.3. The molecule has 1 aliphatic heterocycles. The van der Waals surface area contributed by atoms with Crippen LogP contribution in [0.3, 0.4) is 0 Å². The molecule has 0 saturated carbocycles. The molecule has 1 aromatic carbocycles. The molecule has 2 N–H and O–H groups in total. The summed E-state index contributed by atoms with van der Waals surface area (Å²) in [5.41, 5.74) is 7.49. The van der Waals surface area contributed by atoms with Crippen LogP contribution in [0.25, 0.3) is 0 Å². The fourth-order valence-electron chi connectivity index (χ4n) is 2.96. The first-order chi connectivity index (χ1) is 8.99. The van der Waals surface area contributed by atoms with Gasteiger partial charge in [-0.05, 0) is 44.5 Å². The van der Waals surface area contributed by atoms with Gasteiger partial charge in [-0.1, -0.05) is 12.1 Å². The van der Waals surface area contributed by atoms with E-state index in [4.69, 9.17) is 5.73 Å². The second kappa shape index (κ2) is 5.88. The van der Waals surface area contributed by atoms with Gasteiger partial charge in [-0.2, -0.15) is 0 Å². The maximum Gasteiger partial charge on any atom is 0.146 e. The first-order valence-electron chi connectivity index (χ1n) is 6.92. The zero-order valence-corrected chi connectivity index (χ0v) is 12.1. The molecule has 1 saturated heterocycles. The van der Waals surface area contributed by atoms with Crippen LogP contribution in [0.1, 0.15) is 24.9 Å². The number of anilines is 1. The van der Waals surface area contributed by atoms with Gasteiger partial charge in [0.05, 0.1) is 5.69 Å². The van der Waals surface area contributed by atoms with E-state index in [1.54, 1.807) is 6.07 Å². The Hall–Kier alpha value is -1.13.